The normalized spacial score (nSPS) is 10.3. The van der Waals surface area contributed by atoms with E-state index in [4.69, 9.17) is 4.42 Å². The number of carbonyl (C=O) groups is 2. The number of aromatic nitrogens is 1. The highest BCUT2D eigenvalue weighted by atomic mass is 32.1. The Hall–Kier alpha value is -2.93. The largest absolute Gasteiger partial charge is 0.459 e. The molecule has 0 aliphatic rings. The van der Waals surface area contributed by atoms with E-state index in [0.29, 0.717) is 18.0 Å². The number of furan rings is 1. The summed E-state index contributed by atoms with van der Waals surface area (Å²) < 4.78 is 5.02. The molecule has 0 bridgehead atoms. The zero-order valence-electron chi connectivity index (χ0n) is 12.7. The van der Waals surface area contributed by atoms with Crippen LogP contribution in [0.5, 0.6) is 0 Å². The lowest BCUT2D eigenvalue weighted by molar-refractivity contribution is -0.116. The first kappa shape index (κ1) is 15.9. The van der Waals surface area contributed by atoms with Gasteiger partial charge in [0.05, 0.1) is 12.0 Å². The lowest BCUT2D eigenvalue weighted by Crippen LogP contribution is -2.12. The Bertz CT molecular complexity index is 813. The Balaban J connectivity index is 1.49. The molecule has 0 aliphatic carbocycles. The summed E-state index contributed by atoms with van der Waals surface area (Å²) in [6.07, 6.45) is 2.27. The molecule has 7 heteroatoms. The molecule has 0 radical (unpaired) electrons. The summed E-state index contributed by atoms with van der Waals surface area (Å²) in [7, 11) is 0. The number of hydrogen-bond acceptors (Lipinski definition) is 5. The van der Waals surface area contributed by atoms with Gasteiger partial charge in [0.1, 0.15) is 0 Å². The highest BCUT2D eigenvalue weighted by Gasteiger charge is 2.12. The number of benzene rings is 1. The second-order valence-electron chi connectivity index (χ2n) is 4.99. The molecule has 2 amide bonds. The third-order valence-electron chi connectivity index (χ3n) is 3.18. The molecule has 0 fully saturated rings. The molecule has 2 aromatic heterocycles. The first-order valence-electron chi connectivity index (χ1n) is 7.35. The molecule has 24 heavy (non-hydrogen) atoms. The van der Waals surface area contributed by atoms with E-state index in [0.717, 1.165) is 11.4 Å². The van der Waals surface area contributed by atoms with E-state index in [1.54, 1.807) is 12.1 Å². The van der Waals surface area contributed by atoms with Crippen molar-refractivity contribution >= 4 is 34.0 Å². The molecule has 122 valence electrons. The second-order valence-corrected chi connectivity index (χ2v) is 5.85. The van der Waals surface area contributed by atoms with Crippen molar-refractivity contribution in [1.82, 2.24) is 4.98 Å². The first-order valence-corrected chi connectivity index (χ1v) is 8.23. The minimum Gasteiger partial charge on any atom is -0.459 e. The van der Waals surface area contributed by atoms with Crippen molar-refractivity contribution in [1.29, 1.82) is 0 Å². The van der Waals surface area contributed by atoms with E-state index < -0.39 is 0 Å². The standard InChI is InChI=1S/C17H15N3O3S/c21-15(18-12-5-2-1-3-6-12)9-8-13-11-24-17(19-13)20-16(22)14-7-4-10-23-14/h1-7,10-11H,8-9H2,(H,18,21)(H,19,20,22). The smallest absolute Gasteiger partial charge is 0.293 e. The Morgan fingerprint density at radius 2 is 1.92 bits per heavy atom. The van der Waals surface area contributed by atoms with Crippen LogP contribution in [0.2, 0.25) is 0 Å². The van der Waals surface area contributed by atoms with E-state index in [1.807, 2.05) is 35.7 Å². The summed E-state index contributed by atoms with van der Waals surface area (Å²) in [5, 5.41) is 7.80. The number of nitrogens with zero attached hydrogens (tertiary/aromatic N) is 1. The van der Waals surface area contributed by atoms with Crippen molar-refractivity contribution in [2.75, 3.05) is 10.6 Å². The molecule has 6 nitrogen and oxygen atoms in total. The first-order chi connectivity index (χ1) is 11.7. The average molecular weight is 341 g/mol. The van der Waals surface area contributed by atoms with Crippen LogP contribution in [0.3, 0.4) is 0 Å². The maximum atomic E-state index is 11.9. The third kappa shape index (κ3) is 4.30. The van der Waals surface area contributed by atoms with Gasteiger partial charge < -0.3 is 9.73 Å². The number of nitrogens with one attached hydrogen (secondary N) is 2. The number of thiazole rings is 1. The molecular formula is C17H15N3O3S. The molecule has 3 rings (SSSR count). The molecule has 2 N–H and O–H groups in total. The van der Waals surface area contributed by atoms with E-state index in [2.05, 4.69) is 15.6 Å². The van der Waals surface area contributed by atoms with Gasteiger partial charge >= 0.3 is 0 Å². The van der Waals surface area contributed by atoms with Gasteiger partial charge in [-0.05, 0) is 30.7 Å². The zero-order valence-corrected chi connectivity index (χ0v) is 13.5. The Morgan fingerprint density at radius 3 is 2.67 bits per heavy atom. The fourth-order valence-corrected chi connectivity index (χ4v) is 2.77. The molecule has 1 aromatic carbocycles. The van der Waals surface area contributed by atoms with Crippen LogP contribution in [0, 0.1) is 0 Å². The number of aryl methyl sites for hydroxylation is 1. The van der Waals surface area contributed by atoms with Crippen LogP contribution in [0.4, 0.5) is 10.8 Å². The molecule has 0 aliphatic heterocycles. The van der Waals surface area contributed by atoms with Gasteiger partial charge in [-0.3, -0.25) is 14.9 Å². The summed E-state index contributed by atoms with van der Waals surface area (Å²) in [6.45, 7) is 0. The van der Waals surface area contributed by atoms with E-state index in [9.17, 15) is 9.59 Å². The zero-order chi connectivity index (χ0) is 16.8. The van der Waals surface area contributed by atoms with Gasteiger partial charge in [0.2, 0.25) is 5.91 Å². The molecule has 0 saturated heterocycles. The molecule has 3 aromatic rings. The number of anilines is 2. The van der Waals surface area contributed by atoms with Crippen LogP contribution in [-0.2, 0) is 11.2 Å². The maximum Gasteiger partial charge on any atom is 0.293 e. The highest BCUT2D eigenvalue weighted by molar-refractivity contribution is 7.13. The van der Waals surface area contributed by atoms with Crippen molar-refractivity contribution in [3.8, 4) is 0 Å². The quantitative estimate of drug-likeness (QED) is 0.718. The number of carbonyl (C=O) groups excluding carboxylic acids is 2. The van der Waals surface area contributed by atoms with Crippen molar-refractivity contribution in [3.05, 3.63) is 65.6 Å². The number of amides is 2. The van der Waals surface area contributed by atoms with Gasteiger partial charge in [-0.25, -0.2) is 4.98 Å². The van der Waals surface area contributed by atoms with E-state index in [-0.39, 0.29) is 17.6 Å². The summed E-state index contributed by atoms with van der Waals surface area (Å²) in [5.41, 5.74) is 1.53. The van der Waals surface area contributed by atoms with Gasteiger partial charge in [-0.15, -0.1) is 11.3 Å². The van der Waals surface area contributed by atoms with Crippen molar-refractivity contribution in [2.24, 2.45) is 0 Å². The molecule has 0 spiro atoms. The number of hydrogen-bond donors (Lipinski definition) is 2. The van der Waals surface area contributed by atoms with Gasteiger partial charge in [-0.1, -0.05) is 18.2 Å². The lowest BCUT2D eigenvalue weighted by Gasteiger charge is -2.03. The minimum absolute atomic E-state index is 0.0737. The Labute approximate surface area is 142 Å². The average Bonchev–Trinajstić information content (AvgIpc) is 3.26. The van der Waals surface area contributed by atoms with Crippen molar-refractivity contribution in [3.63, 3.8) is 0 Å². The van der Waals surface area contributed by atoms with Crippen molar-refractivity contribution in [2.45, 2.75) is 12.8 Å². The fraction of sp³-hybridized carbons (Fsp3) is 0.118. The van der Waals surface area contributed by atoms with Gasteiger partial charge in [0.25, 0.3) is 5.91 Å². The molecule has 0 atom stereocenters. The summed E-state index contributed by atoms with van der Waals surface area (Å²) in [4.78, 5) is 28.1. The number of rotatable bonds is 6. The Kier molecular flexibility index (Phi) is 5.02. The summed E-state index contributed by atoms with van der Waals surface area (Å²) >= 11 is 1.31. The van der Waals surface area contributed by atoms with E-state index >= 15 is 0 Å². The fourth-order valence-electron chi connectivity index (χ4n) is 2.03. The van der Waals surface area contributed by atoms with Crippen LogP contribution in [0.15, 0.2) is 58.5 Å². The predicted molar refractivity (Wildman–Crippen MR) is 92.2 cm³/mol. The van der Waals surface area contributed by atoms with Gasteiger partial charge in [0, 0.05) is 17.5 Å². The maximum absolute atomic E-state index is 11.9. The van der Waals surface area contributed by atoms with Crippen LogP contribution in [0.25, 0.3) is 0 Å². The monoisotopic (exact) mass is 341 g/mol. The van der Waals surface area contributed by atoms with Gasteiger partial charge in [-0.2, -0.15) is 0 Å². The topological polar surface area (TPSA) is 84.2 Å². The summed E-state index contributed by atoms with van der Waals surface area (Å²) in [5.74, 6) is -0.188. The lowest BCUT2D eigenvalue weighted by atomic mass is 10.2. The summed E-state index contributed by atoms with van der Waals surface area (Å²) in [6, 6.07) is 12.5. The van der Waals surface area contributed by atoms with Crippen LogP contribution >= 0.6 is 11.3 Å². The van der Waals surface area contributed by atoms with Gasteiger partial charge in [0.15, 0.2) is 10.9 Å². The molecule has 0 unspecified atom stereocenters. The highest BCUT2D eigenvalue weighted by Crippen LogP contribution is 2.18. The van der Waals surface area contributed by atoms with Crippen LogP contribution in [-0.4, -0.2) is 16.8 Å². The van der Waals surface area contributed by atoms with Crippen molar-refractivity contribution < 1.29 is 14.0 Å². The predicted octanol–water partition coefficient (Wildman–Crippen LogP) is 3.56. The number of para-hydroxylation sites is 1. The minimum atomic E-state index is -0.345. The molecule has 0 saturated carbocycles. The third-order valence-corrected chi connectivity index (χ3v) is 3.99. The van der Waals surface area contributed by atoms with E-state index in [1.165, 1.54) is 17.6 Å². The molecule has 2 heterocycles. The molecular weight excluding hydrogens is 326 g/mol. The Morgan fingerprint density at radius 1 is 1.08 bits per heavy atom. The van der Waals surface area contributed by atoms with Crippen LogP contribution in [0.1, 0.15) is 22.7 Å². The van der Waals surface area contributed by atoms with Crippen LogP contribution < -0.4 is 10.6 Å². The SMILES string of the molecule is O=C(CCc1csc(NC(=O)c2ccco2)n1)Nc1ccccc1. The second kappa shape index (κ2) is 7.56.